The van der Waals surface area contributed by atoms with E-state index in [2.05, 4.69) is 25.8 Å². The summed E-state index contributed by atoms with van der Waals surface area (Å²) in [5, 5.41) is 8.94. The summed E-state index contributed by atoms with van der Waals surface area (Å²) >= 11 is 0. The van der Waals surface area contributed by atoms with E-state index in [1.165, 1.54) is 0 Å². The highest BCUT2D eigenvalue weighted by molar-refractivity contribution is 5.81. The molecule has 1 aliphatic rings. The number of ether oxygens (including phenoxy) is 1. The van der Waals surface area contributed by atoms with E-state index < -0.39 is 11.7 Å². The molecule has 25 heavy (non-hydrogen) atoms. The van der Waals surface area contributed by atoms with Crippen LogP contribution in [-0.2, 0) is 9.53 Å². The first kappa shape index (κ1) is 21.1. The maximum absolute atomic E-state index is 11.9. The summed E-state index contributed by atoms with van der Waals surface area (Å²) in [5.41, 5.74) is -0.502. The molecule has 0 radical (unpaired) electrons. The molecule has 144 valence electrons. The highest BCUT2D eigenvalue weighted by Crippen LogP contribution is 2.11. The third-order valence-corrected chi connectivity index (χ3v) is 3.63. The molecule has 0 aliphatic carbocycles. The number of aliphatic imine (C=N–C) groups is 1. The zero-order chi connectivity index (χ0) is 18.9. The Morgan fingerprint density at radius 2 is 1.96 bits per heavy atom. The number of hydrogen-bond acceptors (Lipinski definition) is 4. The van der Waals surface area contributed by atoms with Gasteiger partial charge in [-0.15, -0.1) is 0 Å². The Morgan fingerprint density at radius 1 is 1.24 bits per heavy atom. The van der Waals surface area contributed by atoms with Crippen LogP contribution < -0.4 is 16.0 Å². The lowest BCUT2D eigenvalue weighted by Crippen LogP contribution is -2.44. The molecule has 1 atom stereocenters. The lowest BCUT2D eigenvalue weighted by Gasteiger charge is -2.23. The molecule has 0 spiro atoms. The van der Waals surface area contributed by atoms with Gasteiger partial charge in [-0.25, -0.2) is 4.79 Å². The van der Waals surface area contributed by atoms with Gasteiger partial charge in [-0.2, -0.15) is 0 Å². The van der Waals surface area contributed by atoms with E-state index in [9.17, 15) is 9.59 Å². The van der Waals surface area contributed by atoms with E-state index in [1.54, 1.807) is 7.05 Å². The van der Waals surface area contributed by atoms with Crippen molar-refractivity contribution in [1.82, 2.24) is 20.9 Å². The molecule has 1 fully saturated rings. The van der Waals surface area contributed by atoms with E-state index in [0.29, 0.717) is 26.1 Å². The molecule has 8 heteroatoms. The summed E-state index contributed by atoms with van der Waals surface area (Å²) in [4.78, 5) is 29.8. The summed E-state index contributed by atoms with van der Waals surface area (Å²) < 4.78 is 5.29. The SMILES string of the molecule is CCCNC(=O)CCNC(=NC)N1CCC(NC(=O)OC(C)(C)C)C1. The smallest absolute Gasteiger partial charge is 0.407 e. The number of likely N-dealkylation sites (tertiary alicyclic amines) is 1. The van der Waals surface area contributed by atoms with Gasteiger partial charge in [0, 0.05) is 39.6 Å². The zero-order valence-corrected chi connectivity index (χ0v) is 16.1. The topological polar surface area (TPSA) is 95.1 Å². The van der Waals surface area contributed by atoms with Gasteiger partial charge in [0.05, 0.1) is 6.04 Å². The van der Waals surface area contributed by atoms with Crippen LogP contribution in [0, 0.1) is 0 Å². The fraction of sp³-hybridized carbons (Fsp3) is 0.824. The Kier molecular flexibility index (Phi) is 8.51. The van der Waals surface area contributed by atoms with Crippen molar-refractivity contribution in [2.45, 2.75) is 58.6 Å². The molecular formula is C17H33N5O3. The summed E-state index contributed by atoms with van der Waals surface area (Å²) in [6, 6.07) is 0.0289. The number of hydrogen-bond donors (Lipinski definition) is 3. The minimum absolute atomic E-state index is 0.0289. The van der Waals surface area contributed by atoms with Gasteiger partial charge in [0.15, 0.2) is 5.96 Å². The predicted octanol–water partition coefficient (Wildman–Crippen LogP) is 1.08. The molecular weight excluding hydrogens is 322 g/mol. The van der Waals surface area contributed by atoms with E-state index in [4.69, 9.17) is 4.74 Å². The fourth-order valence-corrected chi connectivity index (χ4v) is 2.52. The summed E-state index contributed by atoms with van der Waals surface area (Å²) in [7, 11) is 1.72. The number of carbonyl (C=O) groups is 2. The van der Waals surface area contributed by atoms with Crippen molar-refractivity contribution >= 4 is 18.0 Å². The van der Waals surface area contributed by atoms with Crippen LogP contribution in [-0.4, -0.2) is 67.7 Å². The molecule has 1 rings (SSSR count). The molecule has 8 nitrogen and oxygen atoms in total. The Balaban J connectivity index is 2.35. The number of carbonyl (C=O) groups excluding carboxylic acids is 2. The average molecular weight is 355 g/mol. The van der Waals surface area contributed by atoms with Crippen LogP contribution in [0.25, 0.3) is 0 Å². The van der Waals surface area contributed by atoms with Gasteiger partial charge in [-0.3, -0.25) is 9.79 Å². The minimum atomic E-state index is -0.502. The van der Waals surface area contributed by atoms with Gasteiger partial charge < -0.3 is 25.6 Å². The maximum Gasteiger partial charge on any atom is 0.407 e. The van der Waals surface area contributed by atoms with Crippen molar-refractivity contribution in [2.24, 2.45) is 4.99 Å². The Bertz CT molecular complexity index is 473. The predicted molar refractivity (Wildman–Crippen MR) is 98.6 cm³/mol. The van der Waals surface area contributed by atoms with Gasteiger partial charge >= 0.3 is 6.09 Å². The fourth-order valence-electron chi connectivity index (χ4n) is 2.52. The largest absolute Gasteiger partial charge is 0.444 e. The molecule has 1 unspecified atom stereocenters. The first-order valence-electron chi connectivity index (χ1n) is 8.97. The summed E-state index contributed by atoms with van der Waals surface area (Å²) in [6.45, 7) is 10.3. The molecule has 0 bridgehead atoms. The van der Waals surface area contributed by atoms with Crippen LogP contribution in [0.5, 0.6) is 0 Å². The monoisotopic (exact) mass is 355 g/mol. The Hall–Kier alpha value is -1.99. The number of guanidine groups is 1. The highest BCUT2D eigenvalue weighted by Gasteiger charge is 2.27. The van der Waals surface area contributed by atoms with E-state index in [-0.39, 0.29) is 11.9 Å². The Labute approximate surface area is 150 Å². The molecule has 1 saturated heterocycles. The maximum atomic E-state index is 11.9. The van der Waals surface area contributed by atoms with Crippen molar-refractivity contribution < 1.29 is 14.3 Å². The van der Waals surface area contributed by atoms with Crippen molar-refractivity contribution in [3.8, 4) is 0 Å². The van der Waals surface area contributed by atoms with Crippen LogP contribution in [0.15, 0.2) is 4.99 Å². The van der Waals surface area contributed by atoms with Crippen LogP contribution >= 0.6 is 0 Å². The molecule has 0 saturated carbocycles. The van der Waals surface area contributed by atoms with Crippen molar-refractivity contribution in [2.75, 3.05) is 33.2 Å². The molecule has 3 N–H and O–H groups in total. The van der Waals surface area contributed by atoms with Gasteiger partial charge in [-0.1, -0.05) is 6.92 Å². The van der Waals surface area contributed by atoms with E-state index in [0.717, 1.165) is 25.3 Å². The number of nitrogens with zero attached hydrogens (tertiary/aromatic N) is 2. The number of amides is 2. The van der Waals surface area contributed by atoms with Crippen molar-refractivity contribution in [3.05, 3.63) is 0 Å². The van der Waals surface area contributed by atoms with E-state index in [1.807, 2.05) is 27.7 Å². The molecule has 0 aromatic rings. The number of nitrogens with one attached hydrogen (secondary N) is 3. The third kappa shape index (κ3) is 8.60. The highest BCUT2D eigenvalue weighted by atomic mass is 16.6. The molecule has 0 aromatic carbocycles. The second kappa shape index (κ2) is 10.1. The summed E-state index contributed by atoms with van der Waals surface area (Å²) in [5.74, 6) is 0.785. The van der Waals surface area contributed by atoms with Crippen LogP contribution in [0.2, 0.25) is 0 Å². The lowest BCUT2D eigenvalue weighted by molar-refractivity contribution is -0.120. The van der Waals surface area contributed by atoms with Crippen molar-refractivity contribution in [1.29, 1.82) is 0 Å². The van der Waals surface area contributed by atoms with E-state index >= 15 is 0 Å². The molecule has 1 heterocycles. The second-order valence-electron chi connectivity index (χ2n) is 7.15. The van der Waals surface area contributed by atoms with Gasteiger partial charge in [0.2, 0.25) is 5.91 Å². The molecule has 0 aromatic heterocycles. The number of alkyl carbamates (subject to hydrolysis) is 1. The van der Waals surface area contributed by atoms with Gasteiger partial charge in [0.25, 0.3) is 0 Å². The van der Waals surface area contributed by atoms with Crippen molar-refractivity contribution in [3.63, 3.8) is 0 Å². The normalized spacial score (nSPS) is 18.0. The average Bonchev–Trinajstić information content (AvgIpc) is 2.95. The number of rotatable bonds is 6. The molecule has 2 amide bonds. The van der Waals surface area contributed by atoms with Crippen LogP contribution in [0.1, 0.15) is 47.0 Å². The first-order chi connectivity index (χ1) is 11.7. The minimum Gasteiger partial charge on any atom is -0.444 e. The lowest BCUT2D eigenvalue weighted by atomic mass is 10.2. The molecule has 1 aliphatic heterocycles. The standard InChI is InChI=1S/C17H33N5O3/c1-6-9-19-14(23)7-10-20-15(18-5)22-11-8-13(12-22)21-16(24)25-17(2,3)4/h13H,6-12H2,1-5H3,(H,18,20)(H,19,23)(H,21,24). The van der Waals surface area contributed by atoms with Crippen LogP contribution in [0.3, 0.4) is 0 Å². The third-order valence-electron chi connectivity index (χ3n) is 3.63. The first-order valence-corrected chi connectivity index (χ1v) is 8.97. The quantitative estimate of drug-likeness (QED) is 0.489. The second-order valence-corrected chi connectivity index (χ2v) is 7.15. The van der Waals surface area contributed by atoms with Crippen LogP contribution in [0.4, 0.5) is 4.79 Å². The van der Waals surface area contributed by atoms with Gasteiger partial charge in [0.1, 0.15) is 5.60 Å². The van der Waals surface area contributed by atoms with Gasteiger partial charge in [-0.05, 0) is 33.6 Å². The zero-order valence-electron chi connectivity index (χ0n) is 16.1. The Morgan fingerprint density at radius 3 is 2.56 bits per heavy atom. The summed E-state index contributed by atoms with van der Waals surface area (Å²) in [6.07, 6.45) is 1.78.